The molecule has 0 fully saturated rings. The molecule has 0 aliphatic heterocycles. The number of carbonyl (C=O) groups is 2. The number of hydrogen-bond acceptors (Lipinski definition) is 6. The average molecular weight is 521 g/mol. The van der Waals surface area contributed by atoms with Gasteiger partial charge in [-0.1, -0.05) is 41.5 Å². The van der Waals surface area contributed by atoms with E-state index in [1.165, 1.54) is 13.8 Å². The molecule has 0 bridgehead atoms. The Morgan fingerprint density at radius 1 is 0.875 bits per heavy atom. The molecule has 2 aromatic carbocycles. The Balaban J connectivity index is 0.000000536. The average Bonchev–Trinajstić information content (AvgIpc) is 2.63. The minimum atomic E-state index is -0.182. The van der Waals surface area contributed by atoms with Crippen molar-refractivity contribution in [1.29, 1.82) is 0 Å². The van der Waals surface area contributed by atoms with Crippen LogP contribution in [-0.2, 0) is 10.8 Å². The summed E-state index contributed by atoms with van der Waals surface area (Å²) in [6.07, 6.45) is 0. The fraction of sp³-hybridized carbons (Fsp3) is 0.417. The van der Waals surface area contributed by atoms with Crippen LogP contribution in [0.1, 0.15) is 87.2 Å². The number of thiol groups is 1. The molecule has 0 heterocycles. The molecule has 0 aromatic heterocycles. The minimum absolute atomic E-state index is 0.00111. The number of halogens is 1. The van der Waals surface area contributed by atoms with Gasteiger partial charge in [0.05, 0.1) is 4.47 Å². The van der Waals surface area contributed by atoms with Crippen molar-refractivity contribution < 1.29 is 19.8 Å². The summed E-state index contributed by atoms with van der Waals surface area (Å²) >= 11 is 6.45. The molecule has 0 aliphatic rings. The van der Waals surface area contributed by atoms with Crippen molar-refractivity contribution >= 4 is 47.9 Å². The van der Waals surface area contributed by atoms with Gasteiger partial charge in [0, 0.05) is 16.7 Å². The summed E-state index contributed by atoms with van der Waals surface area (Å²) in [7, 11) is 4.34. The SMILES string of the molecule is CC(=O)c1cc(Br)c(O)c(C(C)(C)C)c1.CC(=O)c1ccc(O)c(C(C)(C)C)c1.[B]=NS. The number of rotatable bonds is 2. The van der Waals surface area contributed by atoms with Gasteiger partial charge < -0.3 is 10.2 Å². The quantitative estimate of drug-likeness (QED) is 0.232. The van der Waals surface area contributed by atoms with E-state index in [1.807, 2.05) is 41.5 Å². The van der Waals surface area contributed by atoms with E-state index in [0.717, 1.165) is 11.1 Å². The van der Waals surface area contributed by atoms with Crippen molar-refractivity contribution in [2.45, 2.75) is 66.2 Å². The van der Waals surface area contributed by atoms with Gasteiger partial charge in [0.15, 0.2) is 11.6 Å². The molecule has 0 spiro atoms. The van der Waals surface area contributed by atoms with E-state index in [-0.39, 0.29) is 33.9 Å². The monoisotopic (exact) mass is 520 g/mol. The van der Waals surface area contributed by atoms with Crippen LogP contribution in [0.2, 0.25) is 0 Å². The van der Waals surface area contributed by atoms with Gasteiger partial charge in [0.1, 0.15) is 11.5 Å². The summed E-state index contributed by atoms with van der Waals surface area (Å²) in [5, 5.41) is 19.5. The first kappa shape index (κ1) is 30.1. The molecule has 1 radical (unpaired) electrons. The molecule has 0 aliphatic carbocycles. The number of nitrogens with zero attached hydrogens (tertiary/aromatic N) is 1. The zero-order chi connectivity index (χ0) is 25.4. The number of phenols is 2. The maximum atomic E-state index is 11.3. The molecule has 173 valence electrons. The maximum absolute atomic E-state index is 11.3. The van der Waals surface area contributed by atoms with Crippen LogP contribution >= 0.6 is 28.7 Å². The second-order valence-electron chi connectivity index (χ2n) is 9.31. The third kappa shape index (κ3) is 9.29. The van der Waals surface area contributed by atoms with Crippen molar-refractivity contribution in [2.24, 2.45) is 4.30 Å². The predicted octanol–water partition coefficient (Wildman–Crippen LogP) is 6.73. The van der Waals surface area contributed by atoms with E-state index in [0.29, 0.717) is 15.6 Å². The Labute approximate surface area is 206 Å². The van der Waals surface area contributed by atoms with Crippen LogP contribution in [-0.4, -0.2) is 29.4 Å². The van der Waals surface area contributed by atoms with Gasteiger partial charge in [0.2, 0.25) is 0 Å². The normalized spacial score (nSPS) is 10.8. The molecular formula is C24H32BBrNO4S. The van der Waals surface area contributed by atoms with Crippen molar-refractivity contribution in [3.05, 3.63) is 57.1 Å². The number of benzene rings is 2. The summed E-state index contributed by atoms with van der Waals surface area (Å²) in [6, 6.07) is 8.39. The van der Waals surface area contributed by atoms with Crippen molar-refractivity contribution in [3.63, 3.8) is 0 Å². The summed E-state index contributed by atoms with van der Waals surface area (Å²) in [4.78, 5) is 22.4. The summed E-state index contributed by atoms with van der Waals surface area (Å²) in [6.45, 7) is 15.1. The second kappa shape index (κ2) is 12.4. The first-order chi connectivity index (χ1) is 14.5. The van der Waals surface area contributed by atoms with Crippen molar-refractivity contribution in [3.8, 4) is 11.5 Å². The zero-order valence-electron chi connectivity index (χ0n) is 19.9. The van der Waals surface area contributed by atoms with Gasteiger partial charge in [0.25, 0.3) is 0 Å². The van der Waals surface area contributed by atoms with Crippen LogP contribution in [0.25, 0.3) is 0 Å². The zero-order valence-corrected chi connectivity index (χ0v) is 22.4. The number of aromatic hydroxyl groups is 2. The molecule has 2 N–H and O–H groups in total. The fourth-order valence-corrected chi connectivity index (χ4v) is 3.19. The van der Waals surface area contributed by atoms with Gasteiger partial charge in [-0.3, -0.25) is 9.59 Å². The first-order valence-electron chi connectivity index (χ1n) is 9.90. The van der Waals surface area contributed by atoms with E-state index < -0.39 is 0 Å². The Morgan fingerprint density at radius 2 is 1.28 bits per heavy atom. The summed E-state index contributed by atoms with van der Waals surface area (Å²) < 4.78 is 3.26. The summed E-state index contributed by atoms with van der Waals surface area (Å²) in [5.41, 5.74) is 2.53. The molecule has 0 saturated carbocycles. The molecule has 0 amide bonds. The van der Waals surface area contributed by atoms with E-state index in [2.05, 4.69) is 40.7 Å². The molecule has 2 aromatic rings. The van der Waals surface area contributed by atoms with Gasteiger partial charge >= 0.3 is 24.8 Å². The van der Waals surface area contributed by atoms with E-state index in [1.54, 1.807) is 30.3 Å². The Bertz CT molecular complexity index is 979. The topological polar surface area (TPSA) is 87.0 Å². The predicted molar refractivity (Wildman–Crippen MR) is 138 cm³/mol. The molecule has 32 heavy (non-hydrogen) atoms. The van der Waals surface area contributed by atoms with Crippen LogP contribution in [0.5, 0.6) is 11.5 Å². The van der Waals surface area contributed by atoms with Crippen LogP contribution in [0.4, 0.5) is 0 Å². The molecule has 0 atom stereocenters. The second-order valence-corrected chi connectivity index (χ2v) is 10.4. The summed E-state index contributed by atoms with van der Waals surface area (Å²) in [5.74, 6) is 0.492. The van der Waals surface area contributed by atoms with E-state index >= 15 is 0 Å². The molecule has 0 saturated heterocycles. The standard InChI is InChI=1S/C12H15BrO2.C12H16O2.BHNS/c1-7(14)8-5-9(12(2,3)4)11(15)10(13)6-8;1-8(13)9-5-6-11(14)10(7-9)12(2,3)4;1-2-3/h5-6,15H,1-4H3;5-7,14H,1-4H3;3H. The van der Waals surface area contributed by atoms with Crippen LogP contribution in [0.15, 0.2) is 39.1 Å². The Kier molecular flexibility index (Phi) is 11.6. The molecule has 5 nitrogen and oxygen atoms in total. The van der Waals surface area contributed by atoms with E-state index in [9.17, 15) is 19.8 Å². The van der Waals surface area contributed by atoms with Crippen molar-refractivity contribution in [1.82, 2.24) is 0 Å². The third-order valence-electron chi connectivity index (χ3n) is 4.49. The number of ketones is 2. The molecule has 8 heteroatoms. The van der Waals surface area contributed by atoms with Gasteiger partial charge in [-0.15, -0.1) is 0 Å². The molecule has 2 rings (SSSR count). The first-order valence-corrected chi connectivity index (χ1v) is 11.1. The van der Waals surface area contributed by atoms with Gasteiger partial charge in [-0.25, -0.2) is 0 Å². The Morgan fingerprint density at radius 3 is 1.66 bits per heavy atom. The Hall–Kier alpha value is -1.93. The van der Waals surface area contributed by atoms with Crippen LogP contribution in [0.3, 0.4) is 0 Å². The third-order valence-corrected chi connectivity index (χ3v) is 5.09. The number of hydrogen-bond donors (Lipinski definition) is 3. The van der Waals surface area contributed by atoms with E-state index in [4.69, 9.17) is 0 Å². The van der Waals surface area contributed by atoms with Crippen LogP contribution in [0, 0.1) is 0 Å². The van der Waals surface area contributed by atoms with Gasteiger partial charge in [-0.05, 0) is 76.5 Å². The molecule has 0 unspecified atom stereocenters. The van der Waals surface area contributed by atoms with Crippen LogP contribution < -0.4 is 0 Å². The fourth-order valence-electron chi connectivity index (χ4n) is 2.73. The molecular weight excluding hydrogens is 489 g/mol. The van der Waals surface area contributed by atoms with Gasteiger partial charge in [-0.2, -0.15) is 0 Å². The van der Waals surface area contributed by atoms with Crippen molar-refractivity contribution in [2.75, 3.05) is 0 Å². The number of Topliss-reactive ketones (excluding diaryl/α,β-unsaturated/α-hetero) is 2. The number of phenolic OH excluding ortho intramolecular Hbond substituents is 2. The number of carbonyl (C=O) groups excluding carboxylic acids is 2.